The van der Waals surface area contributed by atoms with Crippen molar-refractivity contribution in [3.05, 3.63) is 72.1 Å². The van der Waals surface area contributed by atoms with Crippen molar-refractivity contribution in [3.63, 3.8) is 0 Å². The van der Waals surface area contributed by atoms with Crippen molar-refractivity contribution in [2.24, 2.45) is 15.9 Å². The fourth-order valence-electron chi connectivity index (χ4n) is 1.42. The van der Waals surface area contributed by atoms with Crippen LogP contribution in [0.15, 0.2) is 71.0 Å². The second kappa shape index (κ2) is 6.86. The van der Waals surface area contributed by atoms with E-state index in [0.717, 1.165) is 5.56 Å². The van der Waals surface area contributed by atoms with Gasteiger partial charge in [-0.05, 0) is 23.8 Å². The van der Waals surface area contributed by atoms with Gasteiger partial charge >= 0.3 is 0 Å². The molecule has 1 heterocycles. The van der Waals surface area contributed by atoms with Gasteiger partial charge in [-0.2, -0.15) is 5.10 Å². The minimum atomic E-state index is 0.296. The maximum Gasteiger partial charge on any atom is 0.171 e. The van der Waals surface area contributed by atoms with Crippen LogP contribution in [0.25, 0.3) is 6.08 Å². The summed E-state index contributed by atoms with van der Waals surface area (Å²) in [6.07, 6.45) is 7.00. The van der Waals surface area contributed by atoms with E-state index in [9.17, 15) is 0 Å². The highest BCUT2D eigenvalue weighted by molar-refractivity contribution is 5.95. The van der Waals surface area contributed by atoms with E-state index in [0.29, 0.717) is 11.5 Å². The number of rotatable bonds is 4. The van der Waals surface area contributed by atoms with E-state index >= 15 is 0 Å². The molecule has 0 spiro atoms. The van der Waals surface area contributed by atoms with Crippen molar-refractivity contribution in [3.8, 4) is 0 Å². The normalized spacial score (nSPS) is 12.3. The summed E-state index contributed by atoms with van der Waals surface area (Å²) in [4.78, 5) is 4.08. The third-order valence-corrected chi connectivity index (χ3v) is 2.33. The first-order valence-electron chi connectivity index (χ1n) is 5.86. The molecule has 0 saturated heterocycles. The van der Waals surface area contributed by atoms with Crippen LogP contribution in [0.3, 0.4) is 0 Å². The van der Waals surface area contributed by atoms with Crippen LogP contribution in [0.4, 0.5) is 0 Å². The highest BCUT2D eigenvalue weighted by atomic mass is 15.2. The van der Waals surface area contributed by atoms with Crippen LogP contribution >= 0.6 is 0 Å². The molecule has 0 aliphatic carbocycles. The smallest absolute Gasteiger partial charge is 0.171 e. The van der Waals surface area contributed by atoms with E-state index in [1.165, 1.54) is 0 Å². The van der Waals surface area contributed by atoms with E-state index in [4.69, 9.17) is 5.73 Å². The molecule has 19 heavy (non-hydrogen) atoms. The number of hydrogen-bond donors (Lipinski definition) is 1. The molecule has 4 heteroatoms. The van der Waals surface area contributed by atoms with Gasteiger partial charge < -0.3 is 5.73 Å². The molecule has 0 bridgehead atoms. The number of hydrogen-bond acceptors (Lipinski definition) is 3. The van der Waals surface area contributed by atoms with Crippen LogP contribution in [0.2, 0.25) is 0 Å². The van der Waals surface area contributed by atoms with E-state index < -0.39 is 0 Å². The molecule has 0 saturated carbocycles. The Bertz CT molecular complexity index is 586. The Morgan fingerprint density at radius 1 is 1.05 bits per heavy atom. The highest BCUT2D eigenvalue weighted by Gasteiger charge is 1.95. The van der Waals surface area contributed by atoms with Crippen LogP contribution in [-0.4, -0.2) is 17.0 Å². The summed E-state index contributed by atoms with van der Waals surface area (Å²) in [7, 11) is 0. The van der Waals surface area contributed by atoms with E-state index in [-0.39, 0.29) is 0 Å². The van der Waals surface area contributed by atoms with E-state index in [1.54, 1.807) is 18.5 Å². The van der Waals surface area contributed by atoms with Gasteiger partial charge in [0.2, 0.25) is 0 Å². The van der Waals surface area contributed by atoms with Crippen LogP contribution in [0.5, 0.6) is 0 Å². The zero-order valence-corrected chi connectivity index (χ0v) is 10.3. The second-order valence-corrected chi connectivity index (χ2v) is 3.73. The minimum Gasteiger partial charge on any atom is -0.380 e. The van der Waals surface area contributed by atoms with Crippen LogP contribution < -0.4 is 5.73 Å². The van der Waals surface area contributed by atoms with Crippen LogP contribution in [-0.2, 0) is 0 Å². The number of nitrogens with zero attached hydrogens (tertiary/aromatic N) is 3. The van der Waals surface area contributed by atoms with E-state index in [1.807, 2.05) is 54.6 Å². The number of allylic oxidation sites excluding steroid dienone is 1. The maximum atomic E-state index is 5.74. The summed E-state index contributed by atoms with van der Waals surface area (Å²) >= 11 is 0. The molecule has 1 aromatic heterocycles. The molecular weight excluding hydrogens is 236 g/mol. The van der Waals surface area contributed by atoms with Gasteiger partial charge in [0, 0.05) is 12.4 Å². The second-order valence-electron chi connectivity index (χ2n) is 3.73. The lowest BCUT2D eigenvalue weighted by atomic mass is 10.2. The van der Waals surface area contributed by atoms with Gasteiger partial charge in [-0.25, -0.2) is 0 Å². The predicted molar refractivity (Wildman–Crippen MR) is 78.9 cm³/mol. The van der Waals surface area contributed by atoms with Gasteiger partial charge in [0.25, 0.3) is 0 Å². The number of nitrogens with two attached hydrogens (primary N) is 1. The predicted octanol–water partition coefficient (Wildman–Crippen LogP) is 2.49. The molecule has 4 nitrogen and oxygen atoms in total. The lowest BCUT2D eigenvalue weighted by Crippen LogP contribution is -2.14. The van der Waals surface area contributed by atoms with Gasteiger partial charge in [0.1, 0.15) is 5.69 Å². The lowest BCUT2D eigenvalue weighted by molar-refractivity contribution is 1.20. The Balaban J connectivity index is 1.95. The average molecular weight is 250 g/mol. The quantitative estimate of drug-likeness (QED) is 0.514. The van der Waals surface area contributed by atoms with Crippen LogP contribution in [0.1, 0.15) is 11.3 Å². The Morgan fingerprint density at radius 3 is 2.58 bits per heavy atom. The van der Waals surface area contributed by atoms with Crippen molar-refractivity contribution in [2.45, 2.75) is 0 Å². The zero-order valence-electron chi connectivity index (χ0n) is 10.3. The van der Waals surface area contributed by atoms with E-state index in [2.05, 4.69) is 15.2 Å². The molecule has 0 fully saturated rings. The van der Waals surface area contributed by atoms with Gasteiger partial charge in [-0.1, -0.05) is 42.5 Å². The minimum absolute atomic E-state index is 0.296. The Morgan fingerprint density at radius 2 is 1.84 bits per heavy atom. The molecule has 0 atom stereocenters. The largest absolute Gasteiger partial charge is 0.380 e. The standard InChI is InChI=1S/C15H14N4/c16-15(14-10-4-5-11-17-14)19-18-12-6-9-13-7-2-1-3-8-13/h1-12H,(H2,16,19)/b9-6-,18-12+. The number of aromatic nitrogens is 1. The van der Waals surface area contributed by atoms with Crippen molar-refractivity contribution in [1.29, 1.82) is 0 Å². The summed E-state index contributed by atoms with van der Waals surface area (Å²) in [5.41, 5.74) is 7.46. The molecule has 2 rings (SSSR count). The first-order valence-corrected chi connectivity index (χ1v) is 5.86. The Hall–Kier alpha value is -2.75. The highest BCUT2D eigenvalue weighted by Crippen LogP contribution is 1.99. The monoisotopic (exact) mass is 250 g/mol. The zero-order chi connectivity index (χ0) is 13.3. The molecule has 0 radical (unpaired) electrons. The van der Waals surface area contributed by atoms with Crippen LogP contribution in [0, 0.1) is 0 Å². The fraction of sp³-hybridized carbons (Fsp3) is 0. The van der Waals surface area contributed by atoms with Crippen molar-refractivity contribution < 1.29 is 0 Å². The summed E-state index contributed by atoms with van der Waals surface area (Å²) < 4.78 is 0. The van der Waals surface area contributed by atoms with Crippen molar-refractivity contribution >= 4 is 18.1 Å². The molecular formula is C15H14N4. The SMILES string of the molecule is N\C(=N/N=C/C=C\c1ccccc1)c1ccccn1. The van der Waals surface area contributed by atoms with Gasteiger partial charge in [-0.15, -0.1) is 5.10 Å². The number of pyridine rings is 1. The molecule has 2 N–H and O–H groups in total. The third kappa shape index (κ3) is 4.20. The summed E-state index contributed by atoms with van der Waals surface area (Å²) in [5.74, 6) is 0.296. The molecule has 0 aliphatic rings. The molecule has 0 amide bonds. The molecule has 2 aromatic rings. The molecule has 0 aliphatic heterocycles. The molecule has 94 valence electrons. The number of benzene rings is 1. The summed E-state index contributed by atoms with van der Waals surface area (Å²) in [5, 5.41) is 7.75. The maximum absolute atomic E-state index is 5.74. The Kier molecular flexibility index (Phi) is 4.58. The first-order chi connectivity index (χ1) is 9.36. The van der Waals surface area contributed by atoms with Gasteiger partial charge in [-0.3, -0.25) is 4.98 Å². The van der Waals surface area contributed by atoms with Crippen molar-refractivity contribution in [1.82, 2.24) is 4.98 Å². The molecule has 0 unspecified atom stereocenters. The summed E-state index contributed by atoms with van der Waals surface area (Å²) in [6, 6.07) is 15.4. The Labute approximate surface area is 112 Å². The average Bonchev–Trinajstić information content (AvgIpc) is 2.49. The topological polar surface area (TPSA) is 63.6 Å². The van der Waals surface area contributed by atoms with Gasteiger partial charge in [0.05, 0.1) is 0 Å². The number of amidine groups is 1. The fourth-order valence-corrected chi connectivity index (χ4v) is 1.42. The van der Waals surface area contributed by atoms with Crippen molar-refractivity contribution in [2.75, 3.05) is 0 Å². The third-order valence-electron chi connectivity index (χ3n) is 2.33. The summed E-state index contributed by atoms with van der Waals surface area (Å²) in [6.45, 7) is 0. The first kappa shape index (κ1) is 12.7. The molecule has 1 aromatic carbocycles. The van der Waals surface area contributed by atoms with Gasteiger partial charge in [0.15, 0.2) is 5.84 Å². The lowest BCUT2D eigenvalue weighted by Gasteiger charge is -1.94.